The molecule has 0 saturated carbocycles. The van der Waals surface area contributed by atoms with Crippen molar-refractivity contribution in [3.05, 3.63) is 34.9 Å². The van der Waals surface area contributed by atoms with Crippen molar-refractivity contribution in [3.63, 3.8) is 0 Å². The summed E-state index contributed by atoms with van der Waals surface area (Å²) in [5.74, 6) is -0.0706. The normalized spacial score (nSPS) is 10.3. The van der Waals surface area contributed by atoms with Crippen molar-refractivity contribution in [1.29, 1.82) is 0 Å². The van der Waals surface area contributed by atoms with Gasteiger partial charge in [0, 0.05) is 5.56 Å². The Hall–Kier alpha value is -1.44. The van der Waals surface area contributed by atoms with Crippen molar-refractivity contribution in [2.45, 2.75) is 26.7 Å². The van der Waals surface area contributed by atoms with Crippen molar-refractivity contribution >= 4 is 12.1 Å². The summed E-state index contributed by atoms with van der Waals surface area (Å²) in [5, 5.41) is 0. The Morgan fingerprint density at radius 3 is 2.50 bits per heavy atom. The van der Waals surface area contributed by atoms with Crippen LogP contribution in [0.3, 0.4) is 0 Å². The fraction of sp³-hybridized carbons (Fsp3) is 0.333. The van der Waals surface area contributed by atoms with Gasteiger partial charge in [0.15, 0.2) is 6.29 Å². The van der Waals surface area contributed by atoms with Crippen LogP contribution in [-0.4, -0.2) is 12.1 Å². The second-order valence-electron chi connectivity index (χ2n) is 3.71. The summed E-state index contributed by atoms with van der Waals surface area (Å²) >= 11 is 0. The molecule has 0 aliphatic heterocycles. The number of rotatable bonds is 3. The molecule has 14 heavy (non-hydrogen) atoms. The second kappa shape index (κ2) is 4.18. The predicted molar refractivity (Wildman–Crippen MR) is 55.7 cm³/mol. The number of carbonyl (C=O) groups excluding carboxylic acids is 2. The third-order valence-corrected chi connectivity index (χ3v) is 2.30. The summed E-state index contributed by atoms with van der Waals surface area (Å²) in [6, 6.07) is 5.67. The minimum Gasteiger partial charge on any atom is -0.294 e. The molecule has 0 aliphatic rings. The summed E-state index contributed by atoms with van der Waals surface area (Å²) in [6.07, 6.45) is 0.367. The molecule has 0 saturated heterocycles. The minimum atomic E-state index is -0.440. The Labute approximate surface area is 83.9 Å². The van der Waals surface area contributed by atoms with E-state index in [4.69, 9.17) is 0 Å². The fourth-order valence-corrected chi connectivity index (χ4v) is 1.33. The van der Waals surface area contributed by atoms with E-state index in [1.165, 1.54) is 0 Å². The van der Waals surface area contributed by atoms with Crippen LogP contribution >= 0.6 is 0 Å². The standard InChI is InChI=1S/C12H14O2/c1-8(2)10-5-4-9(3)11(6-10)12(14)7-13/h4-8H,1-3H3. The first-order chi connectivity index (χ1) is 6.56. The first kappa shape index (κ1) is 10.6. The lowest BCUT2D eigenvalue weighted by molar-refractivity contribution is -0.104. The quantitative estimate of drug-likeness (QED) is 0.417. The van der Waals surface area contributed by atoms with E-state index in [0.29, 0.717) is 17.8 Å². The highest BCUT2D eigenvalue weighted by Gasteiger charge is 2.09. The van der Waals surface area contributed by atoms with Gasteiger partial charge in [-0.25, -0.2) is 0 Å². The monoisotopic (exact) mass is 190 g/mol. The summed E-state index contributed by atoms with van der Waals surface area (Å²) < 4.78 is 0. The highest BCUT2D eigenvalue weighted by Crippen LogP contribution is 2.18. The van der Waals surface area contributed by atoms with Gasteiger partial charge in [-0.2, -0.15) is 0 Å². The third-order valence-electron chi connectivity index (χ3n) is 2.30. The van der Waals surface area contributed by atoms with E-state index in [0.717, 1.165) is 11.1 Å². The zero-order valence-corrected chi connectivity index (χ0v) is 8.70. The number of hydrogen-bond donors (Lipinski definition) is 0. The molecule has 0 spiro atoms. The van der Waals surface area contributed by atoms with Crippen molar-refractivity contribution in [3.8, 4) is 0 Å². The molecule has 1 rings (SSSR count). The third kappa shape index (κ3) is 2.08. The minimum absolute atomic E-state index is 0.367. The maximum Gasteiger partial charge on any atom is 0.225 e. The van der Waals surface area contributed by atoms with E-state index in [9.17, 15) is 9.59 Å². The van der Waals surface area contributed by atoms with E-state index in [2.05, 4.69) is 13.8 Å². The van der Waals surface area contributed by atoms with Gasteiger partial charge in [-0.3, -0.25) is 9.59 Å². The zero-order valence-electron chi connectivity index (χ0n) is 8.70. The lowest BCUT2D eigenvalue weighted by Gasteiger charge is -2.08. The molecule has 0 bridgehead atoms. The lowest BCUT2D eigenvalue weighted by Crippen LogP contribution is -2.04. The van der Waals surface area contributed by atoms with E-state index in [1.807, 2.05) is 19.1 Å². The van der Waals surface area contributed by atoms with Crippen molar-refractivity contribution < 1.29 is 9.59 Å². The average Bonchev–Trinajstić information content (AvgIpc) is 2.17. The number of aldehydes is 1. The van der Waals surface area contributed by atoms with Gasteiger partial charge < -0.3 is 0 Å². The summed E-state index contributed by atoms with van der Waals surface area (Å²) in [7, 11) is 0. The van der Waals surface area contributed by atoms with Gasteiger partial charge in [0.05, 0.1) is 0 Å². The summed E-state index contributed by atoms with van der Waals surface area (Å²) in [5.41, 5.74) is 2.46. The van der Waals surface area contributed by atoms with Crippen LogP contribution in [0.4, 0.5) is 0 Å². The maximum absolute atomic E-state index is 11.2. The molecular weight excluding hydrogens is 176 g/mol. The number of carbonyl (C=O) groups is 2. The summed E-state index contributed by atoms with van der Waals surface area (Å²) in [6.45, 7) is 5.94. The Morgan fingerprint density at radius 2 is 2.00 bits per heavy atom. The van der Waals surface area contributed by atoms with E-state index >= 15 is 0 Å². The lowest BCUT2D eigenvalue weighted by atomic mass is 9.96. The van der Waals surface area contributed by atoms with Crippen LogP contribution in [0.15, 0.2) is 18.2 Å². The van der Waals surface area contributed by atoms with Gasteiger partial charge in [-0.05, 0) is 30.0 Å². The highest BCUT2D eigenvalue weighted by molar-refractivity contribution is 6.33. The SMILES string of the molecule is Cc1ccc(C(C)C)cc1C(=O)C=O. The number of benzene rings is 1. The van der Waals surface area contributed by atoms with Crippen LogP contribution in [0, 0.1) is 6.92 Å². The molecule has 0 aromatic heterocycles. The molecule has 0 amide bonds. The Balaban J connectivity index is 3.21. The second-order valence-corrected chi connectivity index (χ2v) is 3.71. The van der Waals surface area contributed by atoms with E-state index in [-0.39, 0.29) is 0 Å². The molecule has 2 nitrogen and oxygen atoms in total. The molecule has 2 heteroatoms. The van der Waals surface area contributed by atoms with Gasteiger partial charge >= 0.3 is 0 Å². The molecule has 0 radical (unpaired) electrons. The number of ketones is 1. The van der Waals surface area contributed by atoms with E-state index in [1.54, 1.807) is 6.07 Å². The fourth-order valence-electron chi connectivity index (χ4n) is 1.33. The molecular formula is C12H14O2. The number of hydrogen-bond acceptors (Lipinski definition) is 2. The molecule has 1 aromatic rings. The topological polar surface area (TPSA) is 34.1 Å². The highest BCUT2D eigenvalue weighted by atomic mass is 16.2. The summed E-state index contributed by atoms with van der Waals surface area (Å²) in [4.78, 5) is 21.6. The molecule has 0 fully saturated rings. The Bertz CT molecular complexity index is 365. The number of Topliss-reactive ketones (excluding diaryl/α,β-unsaturated/α-hetero) is 1. The molecule has 74 valence electrons. The van der Waals surface area contributed by atoms with Gasteiger partial charge in [0.25, 0.3) is 0 Å². The van der Waals surface area contributed by atoms with Crippen molar-refractivity contribution in [2.75, 3.05) is 0 Å². The Morgan fingerprint density at radius 1 is 1.36 bits per heavy atom. The Kier molecular flexibility index (Phi) is 3.18. The van der Waals surface area contributed by atoms with Crippen molar-refractivity contribution in [1.82, 2.24) is 0 Å². The largest absolute Gasteiger partial charge is 0.294 e. The van der Waals surface area contributed by atoms with Gasteiger partial charge in [0.2, 0.25) is 5.78 Å². The van der Waals surface area contributed by atoms with Crippen molar-refractivity contribution in [2.24, 2.45) is 0 Å². The maximum atomic E-state index is 11.2. The molecule has 0 atom stereocenters. The smallest absolute Gasteiger partial charge is 0.225 e. The first-order valence-electron chi connectivity index (χ1n) is 4.66. The van der Waals surface area contributed by atoms with Gasteiger partial charge in [0.1, 0.15) is 0 Å². The average molecular weight is 190 g/mol. The van der Waals surface area contributed by atoms with Crippen LogP contribution in [0.25, 0.3) is 0 Å². The molecule has 0 N–H and O–H groups in total. The van der Waals surface area contributed by atoms with E-state index < -0.39 is 5.78 Å². The first-order valence-corrected chi connectivity index (χ1v) is 4.66. The van der Waals surface area contributed by atoms with Gasteiger partial charge in [-0.15, -0.1) is 0 Å². The van der Waals surface area contributed by atoms with Crippen LogP contribution in [-0.2, 0) is 4.79 Å². The molecule has 0 unspecified atom stereocenters. The van der Waals surface area contributed by atoms with Crippen LogP contribution < -0.4 is 0 Å². The van der Waals surface area contributed by atoms with Crippen LogP contribution in [0.5, 0.6) is 0 Å². The predicted octanol–water partition coefficient (Wildman–Crippen LogP) is 2.50. The molecule has 0 aliphatic carbocycles. The molecule has 0 heterocycles. The van der Waals surface area contributed by atoms with Crippen LogP contribution in [0.1, 0.15) is 41.3 Å². The van der Waals surface area contributed by atoms with Gasteiger partial charge in [-0.1, -0.05) is 26.0 Å². The van der Waals surface area contributed by atoms with Crippen LogP contribution in [0.2, 0.25) is 0 Å². The number of aryl methyl sites for hydroxylation is 1. The molecule has 1 aromatic carbocycles. The zero-order chi connectivity index (χ0) is 10.7.